The van der Waals surface area contributed by atoms with Gasteiger partial charge in [0.2, 0.25) is 5.91 Å². The van der Waals surface area contributed by atoms with E-state index < -0.39 is 6.04 Å². The van der Waals surface area contributed by atoms with Crippen molar-refractivity contribution in [3.63, 3.8) is 0 Å². The van der Waals surface area contributed by atoms with Crippen molar-refractivity contribution >= 4 is 27.5 Å². The van der Waals surface area contributed by atoms with Crippen LogP contribution in [-0.4, -0.2) is 23.6 Å². The van der Waals surface area contributed by atoms with Crippen molar-refractivity contribution in [2.45, 2.75) is 32.7 Å². The van der Waals surface area contributed by atoms with Gasteiger partial charge in [-0.1, -0.05) is 41.1 Å². The third-order valence-corrected chi connectivity index (χ3v) is 5.46. The van der Waals surface area contributed by atoms with Crippen molar-refractivity contribution in [3.05, 3.63) is 57.6 Å². The Kier molecular flexibility index (Phi) is 5.16. The number of nitrogens with two attached hydrogens (primary N) is 1. The number of amides is 1. The van der Waals surface area contributed by atoms with Crippen LogP contribution >= 0.6 is 15.9 Å². The number of carbonyl (C=O) groups excluding carboxylic acids is 1. The average molecular weight is 403 g/mol. The smallest absolute Gasteiger partial charge is 0.244 e. The normalized spacial score (nSPS) is 17.9. The van der Waals surface area contributed by atoms with Crippen LogP contribution in [0.15, 0.2) is 40.9 Å². The molecule has 0 saturated heterocycles. The Bertz CT molecular complexity index is 783. The van der Waals surface area contributed by atoms with Gasteiger partial charge in [0.05, 0.1) is 6.04 Å². The van der Waals surface area contributed by atoms with Gasteiger partial charge in [0.1, 0.15) is 5.75 Å². The van der Waals surface area contributed by atoms with E-state index in [4.69, 9.17) is 5.73 Å². The number of nitrogens with zero attached hydrogens (tertiary/aromatic N) is 1. The van der Waals surface area contributed by atoms with Gasteiger partial charge in [0, 0.05) is 16.7 Å². The largest absolute Gasteiger partial charge is 0.508 e. The van der Waals surface area contributed by atoms with Crippen LogP contribution in [0.25, 0.3) is 0 Å². The molecule has 0 radical (unpaired) electrons. The molecule has 5 heteroatoms. The van der Waals surface area contributed by atoms with Crippen LogP contribution in [0.5, 0.6) is 5.75 Å². The monoisotopic (exact) mass is 402 g/mol. The van der Waals surface area contributed by atoms with Crippen LogP contribution in [0.3, 0.4) is 0 Å². The molecular weight excluding hydrogens is 380 g/mol. The van der Waals surface area contributed by atoms with Gasteiger partial charge < -0.3 is 15.7 Å². The highest BCUT2D eigenvalue weighted by atomic mass is 79.9. The predicted octanol–water partition coefficient (Wildman–Crippen LogP) is 3.56. The highest BCUT2D eigenvalue weighted by Crippen LogP contribution is 2.31. The lowest BCUT2D eigenvalue weighted by molar-refractivity contribution is -0.120. The number of para-hydroxylation sites is 1. The van der Waals surface area contributed by atoms with Crippen molar-refractivity contribution in [2.75, 3.05) is 11.4 Å². The maximum atomic E-state index is 13.0. The molecule has 1 unspecified atom stereocenters. The first kappa shape index (κ1) is 18.0. The highest BCUT2D eigenvalue weighted by molar-refractivity contribution is 9.10. The molecule has 0 spiro atoms. The summed E-state index contributed by atoms with van der Waals surface area (Å²) in [5.74, 6) is 0.554. The van der Waals surface area contributed by atoms with Crippen LogP contribution in [0.4, 0.5) is 5.69 Å². The van der Waals surface area contributed by atoms with Crippen molar-refractivity contribution in [2.24, 2.45) is 11.7 Å². The van der Waals surface area contributed by atoms with Gasteiger partial charge in [-0.25, -0.2) is 0 Å². The first-order chi connectivity index (χ1) is 11.9. The molecule has 1 aliphatic heterocycles. The fourth-order valence-corrected chi connectivity index (χ4v) is 4.24. The number of rotatable bonds is 3. The molecule has 25 heavy (non-hydrogen) atoms. The summed E-state index contributed by atoms with van der Waals surface area (Å²) in [6, 6.07) is 10.7. The summed E-state index contributed by atoms with van der Waals surface area (Å²) in [5.41, 5.74) is 10.3. The predicted molar refractivity (Wildman–Crippen MR) is 104 cm³/mol. The van der Waals surface area contributed by atoms with Crippen LogP contribution in [0, 0.1) is 12.8 Å². The molecule has 0 bridgehead atoms. The molecule has 1 aliphatic rings. The zero-order valence-electron chi connectivity index (χ0n) is 14.5. The molecule has 0 fully saturated rings. The van der Waals surface area contributed by atoms with E-state index in [-0.39, 0.29) is 11.7 Å². The number of hydrogen-bond acceptors (Lipinski definition) is 3. The lowest BCUT2D eigenvalue weighted by atomic mass is 9.92. The first-order valence-corrected chi connectivity index (χ1v) is 9.29. The van der Waals surface area contributed by atoms with Gasteiger partial charge in [-0.2, -0.15) is 0 Å². The second-order valence-electron chi connectivity index (χ2n) is 6.92. The molecule has 3 N–H and O–H groups in total. The maximum absolute atomic E-state index is 13.0. The van der Waals surface area contributed by atoms with E-state index >= 15 is 0 Å². The summed E-state index contributed by atoms with van der Waals surface area (Å²) in [6.45, 7) is 4.76. The van der Waals surface area contributed by atoms with Crippen molar-refractivity contribution < 1.29 is 9.90 Å². The van der Waals surface area contributed by atoms with E-state index in [1.165, 1.54) is 5.56 Å². The molecule has 2 atom stereocenters. The highest BCUT2D eigenvalue weighted by Gasteiger charge is 2.29. The Labute approximate surface area is 156 Å². The third kappa shape index (κ3) is 3.72. The van der Waals surface area contributed by atoms with Gasteiger partial charge in [0.25, 0.3) is 0 Å². The summed E-state index contributed by atoms with van der Waals surface area (Å²) < 4.78 is 0.778. The number of benzene rings is 2. The topological polar surface area (TPSA) is 66.6 Å². The molecule has 0 aliphatic carbocycles. The SMILES string of the molecule is Cc1cc(O)cc(Br)c1C[C@@H](N)C(=O)N1CC(C)Cc2ccccc21. The molecule has 2 aromatic rings. The van der Waals surface area contributed by atoms with Gasteiger partial charge in [-0.3, -0.25) is 4.79 Å². The summed E-state index contributed by atoms with van der Waals surface area (Å²) in [5, 5.41) is 9.67. The zero-order chi connectivity index (χ0) is 18.1. The molecular formula is C20H23BrN2O2. The van der Waals surface area contributed by atoms with Crippen molar-refractivity contribution in [1.29, 1.82) is 0 Å². The van der Waals surface area contributed by atoms with Crippen LogP contribution < -0.4 is 10.6 Å². The van der Waals surface area contributed by atoms with Gasteiger partial charge >= 0.3 is 0 Å². The van der Waals surface area contributed by atoms with E-state index in [0.717, 1.165) is 27.7 Å². The van der Waals surface area contributed by atoms with Gasteiger partial charge in [-0.05, 0) is 60.6 Å². The molecule has 2 aromatic carbocycles. The van der Waals surface area contributed by atoms with Crippen LogP contribution in [0.1, 0.15) is 23.6 Å². The maximum Gasteiger partial charge on any atom is 0.244 e. The number of fused-ring (bicyclic) bond motifs is 1. The molecule has 132 valence electrons. The number of halogens is 1. The van der Waals surface area contributed by atoms with Gasteiger partial charge in [-0.15, -0.1) is 0 Å². The van der Waals surface area contributed by atoms with E-state index in [9.17, 15) is 9.90 Å². The number of phenols is 1. The number of carbonyl (C=O) groups is 1. The van der Waals surface area contributed by atoms with E-state index in [2.05, 4.69) is 28.9 Å². The Morgan fingerprint density at radius 1 is 1.40 bits per heavy atom. The Hall–Kier alpha value is -1.85. The molecule has 0 saturated carbocycles. The number of aromatic hydroxyl groups is 1. The van der Waals surface area contributed by atoms with E-state index in [0.29, 0.717) is 18.9 Å². The summed E-state index contributed by atoms with van der Waals surface area (Å²) in [6.07, 6.45) is 1.41. The fraction of sp³-hybridized carbons (Fsp3) is 0.350. The molecule has 0 aromatic heterocycles. The van der Waals surface area contributed by atoms with Gasteiger partial charge in [0.15, 0.2) is 0 Å². The summed E-state index contributed by atoms with van der Waals surface area (Å²) in [7, 11) is 0. The van der Waals surface area contributed by atoms with Crippen LogP contribution in [0.2, 0.25) is 0 Å². The second-order valence-corrected chi connectivity index (χ2v) is 7.77. The van der Waals surface area contributed by atoms with E-state index in [1.807, 2.05) is 30.0 Å². The lowest BCUT2D eigenvalue weighted by Gasteiger charge is -2.34. The number of aryl methyl sites for hydroxylation is 1. The standard InChI is InChI=1S/C20H23BrN2O2/c1-12-7-14-5-3-4-6-19(14)23(11-12)20(25)18(22)10-16-13(2)8-15(24)9-17(16)21/h3-6,8-9,12,18,24H,7,10-11,22H2,1-2H3/t12?,18-/m1/s1. The summed E-state index contributed by atoms with van der Waals surface area (Å²) in [4.78, 5) is 14.9. The van der Waals surface area contributed by atoms with Crippen LogP contribution in [-0.2, 0) is 17.6 Å². The number of phenolic OH excluding ortho intramolecular Hbond substituents is 1. The fourth-order valence-electron chi connectivity index (χ4n) is 3.53. The van der Waals surface area contributed by atoms with Crippen molar-refractivity contribution in [3.8, 4) is 5.75 Å². The third-order valence-electron chi connectivity index (χ3n) is 4.76. The molecule has 3 rings (SSSR count). The minimum atomic E-state index is -0.627. The Balaban J connectivity index is 1.84. The Morgan fingerprint density at radius 2 is 2.12 bits per heavy atom. The molecule has 1 heterocycles. The summed E-state index contributed by atoms with van der Waals surface area (Å²) >= 11 is 3.47. The average Bonchev–Trinajstić information content (AvgIpc) is 2.56. The lowest BCUT2D eigenvalue weighted by Crippen LogP contribution is -2.48. The van der Waals surface area contributed by atoms with E-state index in [1.54, 1.807) is 12.1 Å². The first-order valence-electron chi connectivity index (χ1n) is 8.49. The van der Waals surface area contributed by atoms with Crippen molar-refractivity contribution in [1.82, 2.24) is 0 Å². The number of hydrogen-bond donors (Lipinski definition) is 2. The quantitative estimate of drug-likeness (QED) is 0.824. The minimum Gasteiger partial charge on any atom is -0.508 e. The molecule has 4 nitrogen and oxygen atoms in total. The second kappa shape index (κ2) is 7.18. The minimum absolute atomic E-state index is 0.0571. The zero-order valence-corrected chi connectivity index (χ0v) is 16.1. The molecule has 1 amide bonds. The Morgan fingerprint density at radius 3 is 2.84 bits per heavy atom. The number of anilines is 1.